The lowest BCUT2D eigenvalue weighted by atomic mass is 9.82. The summed E-state index contributed by atoms with van der Waals surface area (Å²) in [6.45, 7) is 20.0. The SMILES string of the molecule is CC[C@H](C)C[C@H](C)C[C@H](C)[C@@H](O)[C@@H](C)/C=C(\C)[C@@H](O)[C@@H](C)/C=C(\C)[C@@H](O)[C@@H](C)/C=C(\C)C(=O)OC. The second-order valence-electron chi connectivity index (χ2n) is 11.2. The molecular formula is C30H54O5. The number of aliphatic hydroxyl groups excluding tert-OH is 3. The highest BCUT2D eigenvalue weighted by molar-refractivity contribution is 5.87. The van der Waals surface area contributed by atoms with Crippen LogP contribution in [0.1, 0.15) is 88.5 Å². The van der Waals surface area contributed by atoms with Crippen LogP contribution in [0.3, 0.4) is 0 Å². The lowest BCUT2D eigenvalue weighted by Gasteiger charge is -2.28. The van der Waals surface area contributed by atoms with Crippen molar-refractivity contribution >= 4 is 5.97 Å². The van der Waals surface area contributed by atoms with Gasteiger partial charge in [0.2, 0.25) is 0 Å². The van der Waals surface area contributed by atoms with Crippen LogP contribution in [0.2, 0.25) is 0 Å². The van der Waals surface area contributed by atoms with Gasteiger partial charge in [0.1, 0.15) is 0 Å². The summed E-state index contributed by atoms with van der Waals surface area (Å²) in [5, 5.41) is 32.5. The molecule has 3 N–H and O–H groups in total. The molecule has 0 saturated heterocycles. The molecule has 0 fully saturated rings. The molecule has 0 aromatic heterocycles. The van der Waals surface area contributed by atoms with Gasteiger partial charge >= 0.3 is 5.97 Å². The number of esters is 1. The van der Waals surface area contributed by atoms with Gasteiger partial charge in [-0.15, -0.1) is 0 Å². The molecule has 0 radical (unpaired) electrons. The molecule has 0 spiro atoms. The molecule has 0 aromatic carbocycles. The Balaban J connectivity index is 5.18. The fourth-order valence-corrected chi connectivity index (χ4v) is 5.00. The van der Waals surface area contributed by atoms with E-state index in [9.17, 15) is 20.1 Å². The van der Waals surface area contributed by atoms with Crippen LogP contribution in [0.4, 0.5) is 0 Å². The van der Waals surface area contributed by atoms with Gasteiger partial charge in [0.15, 0.2) is 0 Å². The standard InChI is InChI=1S/C30H54O5/c1-12-18(2)13-19(3)14-20(4)27(31)21(5)15-22(6)28(32)23(7)16-24(8)29(33)25(9)17-26(10)30(34)35-11/h15-21,23,25,27-29,31-33H,12-14H2,1-11H3/b22-15+,24-16+,26-17+/t18-,19-,20-,21-,23-,25-,27+,28+,29+/m0/s1. The lowest BCUT2D eigenvalue weighted by Crippen LogP contribution is -2.27. The first kappa shape index (κ1) is 33.6. The Labute approximate surface area is 215 Å². The Kier molecular flexibility index (Phi) is 15.7. The van der Waals surface area contributed by atoms with E-state index in [1.807, 2.05) is 46.8 Å². The van der Waals surface area contributed by atoms with Gasteiger partial charge in [-0.3, -0.25) is 0 Å². The summed E-state index contributed by atoms with van der Waals surface area (Å²) in [6.07, 6.45) is 6.97. The highest BCUT2D eigenvalue weighted by atomic mass is 16.5. The summed E-state index contributed by atoms with van der Waals surface area (Å²) >= 11 is 0. The van der Waals surface area contributed by atoms with Crippen LogP contribution in [0.25, 0.3) is 0 Å². The third-order valence-electron chi connectivity index (χ3n) is 7.40. The zero-order valence-electron chi connectivity index (χ0n) is 24.2. The maximum Gasteiger partial charge on any atom is 0.333 e. The van der Waals surface area contributed by atoms with Crippen molar-refractivity contribution in [2.45, 2.75) is 107 Å². The molecule has 204 valence electrons. The molecule has 0 unspecified atom stereocenters. The fraction of sp³-hybridized carbons (Fsp3) is 0.767. The number of methoxy groups -OCH3 is 1. The molecule has 0 aliphatic rings. The zero-order chi connectivity index (χ0) is 27.5. The predicted molar refractivity (Wildman–Crippen MR) is 146 cm³/mol. The highest BCUT2D eigenvalue weighted by Crippen LogP contribution is 2.27. The minimum atomic E-state index is -0.771. The number of rotatable bonds is 15. The fourth-order valence-electron chi connectivity index (χ4n) is 5.00. The second-order valence-corrected chi connectivity index (χ2v) is 11.2. The molecular weight excluding hydrogens is 440 g/mol. The van der Waals surface area contributed by atoms with Crippen molar-refractivity contribution in [3.63, 3.8) is 0 Å². The molecule has 0 bridgehead atoms. The van der Waals surface area contributed by atoms with E-state index >= 15 is 0 Å². The molecule has 5 nitrogen and oxygen atoms in total. The van der Waals surface area contributed by atoms with Crippen LogP contribution in [0, 0.1) is 35.5 Å². The molecule has 0 rings (SSSR count). The maximum absolute atomic E-state index is 11.6. The zero-order valence-corrected chi connectivity index (χ0v) is 24.2. The van der Waals surface area contributed by atoms with Crippen molar-refractivity contribution in [2.24, 2.45) is 35.5 Å². The van der Waals surface area contributed by atoms with Crippen LogP contribution >= 0.6 is 0 Å². The van der Waals surface area contributed by atoms with Crippen molar-refractivity contribution < 1.29 is 24.9 Å². The number of carbonyl (C=O) groups is 1. The number of carbonyl (C=O) groups excluding carboxylic acids is 1. The number of hydrogen-bond acceptors (Lipinski definition) is 5. The van der Waals surface area contributed by atoms with Crippen molar-refractivity contribution in [2.75, 3.05) is 7.11 Å². The van der Waals surface area contributed by atoms with Crippen LogP contribution in [-0.4, -0.2) is 46.7 Å². The number of aliphatic hydroxyl groups is 3. The summed E-state index contributed by atoms with van der Waals surface area (Å²) in [5.74, 6) is 0.502. The molecule has 5 heteroatoms. The Morgan fingerprint density at radius 1 is 0.743 bits per heavy atom. The van der Waals surface area contributed by atoms with Crippen molar-refractivity contribution in [1.82, 2.24) is 0 Å². The Morgan fingerprint density at radius 3 is 1.66 bits per heavy atom. The van der Waals surface area contributed by atoms with E-state index in [1.54, 1.807) is 13.0 Å². The van der Waals surface area contributed by atoms with Crippen molar-refractivity contribution in [1.29, 1.82) is 0 Å². The summed E-state index contributed by atoms with van der Waals surface area (Å²) in [6, 6.07) is 0. The number of ether oxygens (including phenoxy) is 1. The van der Waals surface area contributed by atoms with Crippen molar-refractivity contribution in [3.05, 3.63) is 34.9 Å². The van der Waals surface area contributed by atoms with Gasteiger partial charge in [0.25, 0.3) is 0 Å². The first-order valence-electron chi connectivity index (χ1n) is 13.3. The minimum absolute atomic E-state index is 0.0650. The molecule has 0 aliphatic heterocycles. The smallest absolute Gasteiger partial charge is 0.333 e. The van der Waals surface area contributed by atoms with Gasteiger partial charge in [-0.1, -0.05) is 73.1 Å². The van der Waals surface area contributed by atoms with Gasteiger partial charge in [0.05, 0.1) is 25.4 Å². The number of hydrogen-bond donors (Lipinski definition) is 3. The van der Waals surface area contributed by atoms with Gasteiger partial charge in [-0.25, -0.2) is 4.79 Å². The van der Waals surface area contributed by atoms with E-state index < -0.39 is 24.3 Å². The predicted octanol–water partition coefficient (Wildman–Crippen LogP) is 6.09. The topological polar surface area (TPSA) is 87.0 Å². The summed E-state index contributed by atoms with van der Waals surface area (Å²) < 4.78 is 4.72. The average molecular weight is 495 g/mol. The minimum Gasteiger partial charge on any atom is -0.466 e. The van der Waals surface area contributed by atoms with Crippen LogP contribution in [-0.2, 0) is 9.53 Å². The lowest BCUT2D eigenvalue weighted by molar-refractivity contribution is -0.136. The Morgan fingerprint density at radius 2 is 1.20 bits per heavy atom. The first-order chi connectivity index (χ1) is 16.2. The van der Waals surface area contributed by atoms with Gasteiger partial charge in [-0.05, 0) is 62.5 Å². The van der Waals surface area contributed by atoms with E-state index in [1.165, 1.54) is 20.0 Å². The molecule has 35 heavy (non-hydrogen) atoms. The molecule has 0 amide bonds. The normalized spacial score (nSPS) is 21.4. The van der Waals surface area contributed by atoms with Gasteiger partial charge in [-0.2, -0.15) is 0 Å². The monoisotopic (exact) mass is 494 g/mol. The van der Waals surface area contributed by atoms with Crippen LogP contribution < -0.4 is 0 Å². The highest BCUT2D eigenvalue weighted by Gasteiger charge is 2.24. The third-order valence-corrected chi connectivity index (χ3v) is 7.40. The third kappa shape index (κ3) is 11.9. The Bertz CT molecular complexity index is 722. The van der Waals surface area contributed by atoms with Crippen LogP contribution in [0.5, 0.6) is 0 Å². The first-order valence-corrected chi connectivity index (χ1v) is 13.3. The van der Waals surface area contributed by atoms with Gasteiger partial charge in [0, 0.05) is 23.3 Å². The van der Waals surface area contributed by atoms with E-state index in [-0.39, 0.29) is 23.7 Å². The Hall–Kier alpha value is -1.43. The largest absolute Gasteiger partial charge is 0.466 e. The van der Waals surface area contributed by atoms with Gasteiger partial charge < -0.3 is 20.1 Å². The maximum atomic E-state index is 11.6. The van der Waals surface area contributed by atoms with Crippen molar-refractivity contribution in [3.8, 4) is 0 Å². The van der Waals surface area contributed by atoms with E-state index in [0.29, 0.717) is 17.4 Å². The molecule has 0 heterocycles. The quantitative estimate of drug-likeness (QED) is 0.146. The van der Waals surface area contributed by atoms with Crippen LogP contribution in [0.15, 0.2) is 34.9 Å². The summed E-state index contributed by atoms with van der Waals surface area (Å²) in [4.78, 5) is 11.6. The van der Waals surface area contributed by atoms with E-state index in [0.717, 1.165) is 17.6 Å². The molecule has 0 aliphatic carbocycles. The molecule has 0 saturated carbocycles. The summed E-state index contributed by atoms with van der Waals surface area (Å²) in [7, 11) is 1.33. The molecule has 9 atom stereocenters. The summed E-state index contributed by atoms with van der Waals surface area (Å²) in [5.41, 5.74) is 2.01. The molecule has 0 aromatic rings. The second kappa shape index (κ2) is 16.3. The van der Waals surface area contributed by atoms with E-state index in [4.69, 9.17) is 4.74 Å². The van der Waals surface area contributed by atoms with E-state index in [2.05, 4.69) is 27.7 Å². The average Bonchev–Trinajstić information content (AvgIpc) is 2.80.